The highest BCUT2D eigenvalue weighted by Gasteiger charge is 2.55. The molecule has 0 heterocycles. The number of allylic oxidation sites excluding steroid dienone is 1. The van der Waals surface area contributed by atoms with E-state index in [4.69, 9.17) is 4.74 Å². The fourth-order valence-corrected chi connectivity index (χ4v) is 5.51. The minimum absolute atomic E-state index is 0.0977. The lowest BCUT2D eigenvalue weighted by Crippen LogP contribution is -2.54. The molecule has 1 fully saturated rings. The van der Waals surface area contributed by atoms with Gasteiger partial charge in [-0.15, -0.1) is 0 Å². The second-order valence-electron chi connectivity index (χ2n) is 9.12. The van der Waals surface area contributed by atoms with E-state index in [-0.39, 0.29) is 35.4 Å². The van der Waals surface area contributed by atoms with E-state index in [0.29, 0.717) is 18.3 Å². The van der Waals surface area contributed by atoms with E-state index in [1.165, 1.54) is 7.11 Å². The monoisotopic (exact) mass is 352 g/mol. The van der Waals surface area contributed by atoms with Crippen molar-refractivity contribution in [2.24, 2.45) is 28.6 Å². The van der Waals surface area contributed by atoms with E-state index in [2.05, 4.69) is 33.8 Å². The lowest BCUT2D eigenvalue weighted by Gasteiger charge is -2.58. The third-order valence-electron chi connectivity index (χ3n) is 7.24. The Morgan fingerprint density at radius 3 is 2.68 bits per heavy atom. The number of fused-ring (bicyclic) bond motifs is 1. The number of carbonyl (C=O) groups excluding carboxylic acids is 1. The third kappa shape index (κ3) is 3.95. The molecule has 2 rings (SSSR count). The zero-order valence-corrected chi connectivity index (χ0v) is 16.5. The standard InChI is InChI=1S/C21H36O4/c1-14(12-19(24)25-5)6-8-16-15(13-22)7-9-17-20(2,3)18(23)10-11-21(16,17)4/h7,14,16-18,22-23H,6,8-13H2,1-5H3. The first-order valence-corrected chi connectivity index (χ1v) is 9.71. The summed E-state index contributed by atoms with van der Waals surface area (Å²) in [5.74, 6) is 0.863. The van der Waals surface area contributed by atoms with Gasteiger partial charge in [-0.25, -0.2) is 0 Å². The third-order valence-corrected chi connectivity index (χ3v) is 7.24. The molecule has 144 valence electrons. The molecule has 2 aliphatic rings. The van der Waals surface area contributed by atoms with Crippen molar-refractivity contribution < 1.29 is 19.7 Å². The largest absolute Gasteiger partial charge is 0.469 e. The number of carbonyl (C=O) groups is 1. The molecule has 0 aromatic rings. The van der Waals surface area contributed by atoms with Crippen LogP contribution in [-0.4, -0.2) is 36.0 Å². The number of ether oxygens (including phenoxy) is 1. The van der Waals surface area contributed by atoms with Gasteiger partial charge in [0.1, 0.15) is 0 Å². The van der Waals surface area contributed by atoms with Crippen LogP contribution in [-0.2, 0) is 9.53 Å². The van der Waals surface area contributed by atoms with E-state index < -0.39 is 0 Å². The van der Waals surface area contributed by atoms with Gasteiger partial charge in [0.15, 0.2) is 0 Å². The highest BCUT2D eigenvalue weighted by atomic mass is 16.5. The first kappa shape index (κ1) is 20.4. The Bertz CT molecular complexity index is 510. The van der Waals surface area contributed by atoms with Crippen LogP contribution >= 0.6 is 0 Å². The van der Waals surface area contributed by atoms with E-state index in [1.54, 1.807) is 0 Å². The number of aliphatic hydroxyl groups excluding tert-OH is 2. The molecule has 0 aromatic heterocycles. The first-order valence-electron chi connectivity index (χ1n) is 9.71. The van der Waals surface area contributed by atoms with Gasteiger partial charge in [0.2, 0.25) is 0 Å². The Morgan fingerprint density at radius 2 is 2.08 bits per heavy atom. The Kier molecular flexibility index (Phi) is 6.37. The zero-order chi connectivity index (χ0) is 18.8. The predicted octanol–water partition coefficient (Wildman–Crippen LogP) is 3.71. The van der Waals surface area contributed by atoms with Gasteiger partial charge < -0.3 is 14.9 Å². The summed E-state index contributed by atoms with van der Waals surface area (Å²) < 4.78 is 4.78. The van der Waals surface area contributed by atoms with Crippen LogP contribution in [0.5, 0.6) is 0 Å². The Hall–Kier alpha value is -0.870. The number of hydrogen-bond donors (Lipinski definition) is 2. The number of rotatable bonds is 6. The van der Waals surface area contributed by atoms with E-state index in [0.717, 1.165) is 37.7 Å². The van der Waals surface area contributed by atoms with Crippen molar-refractivity contribution in [1.82, 2.24) is 0 Å². The van der Waals surface area contributed by atoms with Gasteiger partial charge in [-0.3, -0.25) is 4.79 Å². The summed E-state index contributed by atoms with van der Waals surface area (Å²) in [7, 11) is 1.43. The van der Waals surface area contributed by atoms with Crippen molar-refractivity contribution >= 4 is 5.97 Å². The van der Waals surface area contributed by atoms with Gasteiger partial charge >= 0.3 is 5.97 Å². The van der Waals surface area contributed by atoms with Crippen LogP contribution in [0.3, 0.4) is 0 Å². The normalized spacial score (nSPS) is 35.5. The van der Waals surface area contributed by atoms with Crippen LogP contribution < -0.4 is 0 Å². The topological polar surface area (TPSA) is 66.8 Å². The maximum atomic E-state index is 11.5. The molecule has 5 atom stereocenters. The Morgan fingerprint density at radius 1 is 1.40 bits per heavy atom. The van der Waals surface area contributed by atoms with E-state index >= 15 is 0 Å². The molecular formula is C21H36O4. The number of hydrogen-bond acceptors (Lipinski definition) is 4. The van der Waals surface area contributed by atoms with Gasteiger partial charge in [0.05, 0.1) is 19.8 Å². The average molecular weight is 353 g/mol. The molecule has 2 aliphatic carbocycles. The average Bonchev–Trinajstić information content (AvgIpc) is 2.56. The van der Waals surface area contributed by atoms with Crippen molar-refractivity contribution in [3.63, 3.8) is 0 Å². The quantitative estimate of drug-likeness (QED) is 0.565. The molecule has 0 amide bonds. The summed E-state index contributed by atoms with van der Waals surface area (Å²) in [6.45, 7) is 8.93. The first-order chi connectivity index (χ1) is 11.7. The van der Waals surface area contributed by atoms with Crippen molar-refractivity contribution in [2.75, 3.05) is 13.7 Å². The predicted molar refractivity (Wildman–Crippen MR) is 98.9 cm³/mol. The van der Waals surface area contributed by atoms with Crippen molar-refractivity contribution in [2.45, 2.75) is 72.3 Å². The highest BCUT2D eigenvalue weighted by Crippen LogP contribution is 2.60. The molecule has 4 nitrogen and oxygen atoms in total. The van der Waals surface area contributed by atoms with Crippen LogP contribution in [0.4, 0.5) is 0 Å². The molecule has 0 aromatic carbocycles. The minimum Gasteiger partial charge on any atom is -0.469 e. The summed E-state index contributed by atoms with van der Waals surface area (Å²) in [5.41, 5.74) is 1.14. The van der Waals surface area contributed by atoms with Crippen LogP contribution in [0, 0.1) is 28.6 Å². The van der Waals surface area contributed by atoms with Crippen LogP contribution in [0.15, 0.2) is 11.6 Å². The summed E-state index contributed by atoms with van der Waals surface area (Å²) >= 11 is 0. The molecule has 0 aliphatic heterocycles. The Balaban J connectivity index is 2.17. The molecule has 25 heavy (non-hydrogen) atoms. The van der Waals surface area contributed by atoms with Crippen molar-refractivity contribution in [3.8, 4) is 0 Å². The van der Waals surface area contributed by atoms with Gasteiger partial charge in [-0.1, -0.05) is 33.8 Å². The molecular weight excluding hydrogens is 316 g/mol. The fourth-order valence-electron chi connectivity index (χ4n) is 5.51. The number of esters is 1. The lowest BCUT2D eigenvalue weighted by molar-refractivity contribution is -0.141. The lowest BCUT2D eigenvalue weighted by atomic mass is 9.47. The van der Waals surface area contributed by atoms with Gasteiger partial charge in [-0.2, -0.15) is 0 Å². The SMILES string of the molecule is COC(=O)CC(C)CCC1C(CO)=CCC2C(C)(C)C(O)CCC12C. The van der Waals surface area contributed by atoms with Gasteiger partial charge in [-0.05, 0) is 66.3 Å². The summed E-state index contributed by atoms with van der Waals surface area (Å²) in [4.78, 5) is 11.5. The van der Waals surface area contributed by atoms with E-state index in [1.807, 2.05) is 0 Å². The highest BCUT2D eigenvalue weighted by molar-refractivity contribution is 5.69. The number of aliphatic hydroxyl groups is 2. The van der Waals surface area contributed by atoms with Crippen LogP contribution in [0.25, 0.3) is 0 Å². The summed E-state index contributed by atoms with van der Waals surface area (Å²) in [6, 6.07) is 0. The second kappa shape index (κ2) is 7.79. The molecule has 2 N–H and O–H groups in total. The van der Waals surface area contributed by atoms with Gasteiger partial charge in [0, 0.05) is 6.42 Å². The molecule has 0 radical (unpaired) electrons. The zero-order valence-electron chi connectivity index (χ0n) is 16.5. The minimum atomic E-state index is -0.256. The fraction of sp³-hybridized carbons (Fsp3) is 0.857. The molecule has 0 bridgehead atoms. The van der Waals surface area contributed by atoms with E-state index in [9.17, 15) is 15.0 Å². The second-order valence-corrected chi connectivity index (χ2v) is 9.12. The smallest absolute Gasteiger partial charge is 0.305 e. The molecule has 1 saturated carbocycles. The maximum Gasteiger partial charge on any atom is 0.305 e. The van der Waals surface area contributed by atoms with Crippen molar-refractivity contribution in [3.05, 3.63) is 11.6 Å². The maximum absolute atomic E-state index is 11.5. The van der Waals surface area contributed by atoms with Crippen LogP contribution in [0.2, 0.25) is 0 Å². The molecule has 0 spiro atoms. The summed E-state index contributed by atoms with van der Waals surface area (Å²) in [5, 5.41) is 20.4. The number of methoxy groups -OCH3 is 1. The van der Waals surface area contributed by atoms with Crippen molar-refractivity contribution in [1.29, 1.82) is 0 Å². The van der Waals surface area contributed by atoms with Gasteiger partial charge in [0.25, 0.3) is 0 Å². The summed E-state index contributed by atoms with van der Waals surface area (Å²) in [6.07, 6.45) is 7.08. The Labute approximate surface area is 152 Å². The molecule has 0 saturated heterocycles. The van der Waals surface area contributed by atoms with Crippen LogP contribution in [0.1, 0.15) is 66.2 Å². The molecule has 5 unspecified atom stereocenters. The molecule has 4 heteroatoms.